The van der Waals surface area contributed by atoms with Crippen molar-refractivity contribution in [2.75, 3.05) is 7.11 Å². The molecule has 1 aromatic carbocycles. The Balaban J connectivity index is 1.72. The van der Waals surface area contributed by atoms with Crippen LogP contribution in [0.1, 0.15) is 23.4 Å². The molecule has 0 unspecified atom stereocenters. The number of benzene rings is 1. The first-order valence-electron chi connectivity index (χ1n) is 7.38. The van der Waals surface area contributed by atoms with Crippen LogP contribution in [-0.2, 0) is 11.2 Å². The summed E-state index contributed by atoms with van der Waals surface area (Å²) in [7, 11) is 1.60. The third-order valence-corrected chi connectivity index (χ3v) is 4.38. The van der Waals surface area contributed by atoms with Gasteiger partial charge in [0.15, 0.2) is 17.1 Å². The molecule has 6 nitrogen and oxygen atoms in total. The zero-order chi connectivity index (χ0) is 17.1. The van der Waals surface area contributed by atoms with E-state index >= 15 is 0 Å². The van der Waals surface area contributed by atoms with Gasteiger partial charge in [-0.25, -0.2) is 10.4 Å². The number of amides is 1. The second-order valence-corrected chi connectivity index (χ2v) is 6.22. The van der Waals surface area contributed by atoms with E-state index in [-0.39, 0.29) is 12.3 Å². The van der Waals surface area contributed by atoms with E-state index in [1.807, 2.05) is 36.6 Å². The van der Waals surface area contributed by atoms with Crippen LogP contribution in [0.4, 0.5) is 0 Å². The highest BCUT2D eigenvalue weighted by Gasteiger charge is 2.11. The average Bonchev–Trinajstić information content (AvgIpc) is 3.18. The van der Waals surface area contributed by atoms with Gasteiger partial charge in [-0.1, -0.05) is 12.1 Å². The Kier molecular flexibility index (Phi) is 4.61. The van der Waals surface area contributed by atoms with Gasteiger partial charge in [0.25, 0.3) is 0 Å². The molecular weight excluding hydrogens is 326 g/mol. The molecule has 0 aliphatic heterocycles. The van der Waals surface area contributed by atoms with E-state index in [0.717, 1.165) is 16.1 Å². The molecule has 0 fully saturated rings. The van der Waals surface area contributed by atoms with Crippen LogP contribution in [0.15, 0.2) is 39.2 Å². The van der Waals surface area contributed by atoms with Crippen LogP contribution in [0.2, 0.25) is 0 Å². The van der Waals surface area contributed by atoms with Gasteiger partial charge < -0.3 is 9.15 Å². The molecule has 1 amide bonds. The largest absolute Gasteiger partial charge is 0.493 e. The van der Waals surface area contributed by atoms with Gasteiger partial charge >= 0.3 is 0 Å². The van der Waals surface area contributed by atoms with E-state index in [9.17, 15) is 4.79 Å². The van der Waals surface area contributed by atoms with E-state index in [1.165, 1.54) is 11.3 Å². The Morgan fingerprint density at radius 1 is 1.46 bits per heavy atom. The lowest BCUT2D eigenvalue weighted by molar-refractivity contribution is -0.120. The SMILES string of the molecule is COc1cccc2cc(/C(C)=N/NC(=O)Cc3nc(C)cs3)oc12. The van der Waals surface area contributed by atoms with Crippen molar-refractivity contribution < 1.29 is 13.9 Å². The van der Waals surface area contributed by atoms with Crippen LogP contribution in [-0.4, -0.2) is 23.7 Å². The summed E-state index contributed by atoms with van der Waals surface area (Å²) in [5, 5.41) is 7.71. The number of methoxy groups -OCH3 is 1. The summed E-state index contributed by atoms with van der Waals surface area (Å²) in [6, 6.07) is 7.53. The van der Waals surface area contributed by atoms with E-state index in [4.69, 9.17) is 9.15 Å². The second kappa shape index (κ2) is 6.84. The molecule has 3 aromatic rings. The van der Waals surface area contributed by atoms with Crippen molar-refractivity contribution in [3.8, 4) is 5.75 Å². The number of hydrazone groups is 1. The number of ether oxygens (including phenoxy) is 1. The van der Waals surface area contributed by atoms with Crippen molar-refractivity contribution in [1.29, 1.82) is 0 Å². The van der Waals surface area contributed by atoms with Gasteiger partial charge in [-0.2, -0.15) is 5.10 Å². The number of carbonyl (C=O) groups is 1. The van der Waals surface area contributed by atoms with Gasteiger partial charge in [0, 0.05) is 16.5 Å². The fourth-order valence-corrected chi connectivity index (χ4v) is 3.01. The van der Waals surface area contributed by atoms with E-state index in [0.29, 0.717) is 22.8 Å². The van der Waals surface area contributed by atoms with Crippen molar-refractivity contribution in [3.05, 3.63) is 46.1 Å². The monoisotopic (exact) mass is 343 g/mol. The number of rotatable bonds is 5. The number of carbonyl (C=O) groups excluding carboxylic acids is 1. The number of hydrogen-bond donors (Lipinski definition) is 1. The minimum Gasteiger partial charge on any atom is -0.493 e. The van der Waals surface area contributed by atoms with Crippen LogP contribution >= 0.6 is 11.3 Å². The molecular formula is C17H17N3O3S. The minimum absolute atomic E-state index is 0.211. The standard InChI is InChI=1S/C17H17N3O3S/c1-10-9-24-16(18-10)8-15(21)20-19-11(2)14-7-12-5-4-6-13(22-3)17(12)23-14/h4-7,9H,8H2,1-3H3,(H,20,21)/b19-11+. The van der Waals surface area contributed by atoms with Gasteiger partial charge in [0.2, 0.25) is 5.91 Å². The Morgan fingerprint density at radius 3 is 3.00 bits per heavy atom. The van der Waals surface area contributed by atoms with Crippen molar-refractivity contribution in [1.82, 2.24) is 10.4 Å². The van der Waals surface area contributed by atoms with Crippen LogP contribution in [0.3, 0.4) is 0 Å². The normalized spacial score (nSPS) is 11.7. The summed E-state index contributed by atoms with van der Waals surface area (Å²) in [6.07, 6.45) is 0.212. The number of aryl methyl sites for hydroxylation is 1. The molecule has 0 aliphatic rings. The quantitative estimate of drug-likeness (QED) is 0.570. The molecule has 0 bridgehead atoms. The molecule has 0 aliphatic carbocycles. The maximum atomic E-state index is 11.9. The van der Waals surface area contributed by atoms with Crippen LogP contribution in [0.5, 0.6) is 5.75 Å². The number of hydrogen-bond acceptors (Lipinski definition) is 6. The second-order valence-electron chi connectivity index (χ2n) is 5.28. The predicted octanol–water partition coefficient (Wildman–Crippen LogP) is 3.29. The Hall–Kier alpha value is -2.67. The number of nitrogens with one attached hydrogen (secondary N) is 1. The molecule has 1 N–H and O–H groups in total. The molecule has 124 valence electrons. The highest BCUT2D eigenvalue weighted by molar-refractivity contribution is 7.09. The molecule has 24 heavy (non-hydrogen) atoms. The van der Waals surface area contributed by atoms with E-state index in [2.05, 4.69) is 15.5 Å². The number of thiazole rings is 1. The molecule has 0 saturated carbocycles. The predicted molar refractivity (Wildman–Crippen MR) is 93.7 cm³/mol. The third kappa shape index (κ3) is 3.46. The van der Waals surface area contributed by atoms with Gasteiger partial charge in [-0.3, -0.25) is 4.79 Å². The molecule has 0 saturated heterocycles. The maximum Gasteiger partial charge on any atom is 0.246 e. The highest BCUT2D eigenvalue weighted by Crippen LogP contribution is 2.28. The van der Waals surface area contributed by atoms with Gasteiger partial charge in [-0.15, -0.1) is 11.3 Å². The lowest BCUT2D eigenvalue weighted by Crippen LogP contribution is -2.21. The minimum atomic E-state index is -0.211. The highest BCUT2D eigenvalue weighted by atomic mass is 32.1. The fourth-order valence-electron chi connectivity index (χ4n) is 2.24. The molecule has 2 aromatic heterocycles. The summed E-state index contributed by atoms with van der Waals surface area (Å²) < 4.78 is 11.1. The zero-order valence-corrected chi connectivity index (χ0v) is 14.4. The number of aromatic nitrogens is 1. The number of nitrogens with zero attached hydrogens (tertiary/aromatic N) is 2. The van der Waals surface area contributed by atoms with Crippen molar-refractivity contribution >= 4 is 33.9 Å². The van der Waals surface area contributed by atoms with E-state index in [1.54, 1.807) is 14.0 Å². The summed E-state index contributed by atoms with van der Waals surface area (Å²) >= 11 is 1.46. The average molecular weight is 343 g/mol. The summed E-state index contributed by atoms with van der Waals surface area (Å²) in [6.45, 7) is 3.67. The van der Waals surface area contributed by atoms with Crippen LogP contribution in [0, 0.1) is 6.92 Å². The Labute approximate surface area is 143 Å². The van der Waals surface area contributed by atoms with E-state index < -0.39 is 0 Å². The summed E-state index contributed by atoms with van der Waals surface area (Å²) in [5.41, 5.74) is 4.69. The van der Waals surface area contributed by atoms with Crippen LogP contribution < -0.4 is 10.2 Å². The fraction of sp³-hybridized carbons (Fsp3) is 0.235. The topological polar surface area (TPSA) is 76.7 Å². The molecule has 7 heteroatoms. The first kappa shape index (κ1) is 16.2. The van der Waals surface area contributed by atoms with Crippen molar-refractivity contribution in [3.63, 3.8) is 0 Å². The maximum absolute atomic E-state index is 11.9. The lowest BCUT2D eigenvalue weighted by atomic mass is 10.2. The van der Waals surface area contributed by atoms with Crippen molar-refractivity contribution in [2.24, 2.45) is 5.10 Å². The van der Waals surface area contributed by atoms with Crippen LogP contribution in [0.25, 0.3) is 11.0 Å². The molecule has 0 atom stereocenters. The van der Waals surface area contributed by atoms with Crippen molar-refractivity contribution in [2.45, 2.75) is 20.3 Å². The summed E-state index contributed by atoms with van der Waals surface area (Å²) in [4.78, 5) is 16.2. The third-order valence-electron chi connectivity index (χ3n) is 3.41. The Morgan fingerprint density at radius 2 is 2.29 bits per heavy atom. The zero-order valence-electron chi connectivity index (χ0n) is 13.6. The molecule has 3 rings (SSSR count). The first-order valence-corrected chi connectivity index (χ1v) is 8.26. The number of fused-ring (bicyclic) bond motifs is 1. The molecule has 0 spiro atoms. The van der Waals surface area contributed by atoms with Gasteiger partial charge in [0.1, 0.15) is 10.7 Å². The van der Waals surface area contributed by atoms with Gasteiger partial charge in [0.05, 0.1) is 13.5 Å². The number of furan rings is 1. The Bertz CT molecular complexity index is 911. The molecule has 0 radical (unpaired) electrons. The lowest BCUT2D eigenvalue weighted by Gasteiger charge is -2.00. The number of para-hydroxylation sites is 1. The summed E-state index contributed by atoms with van der Waals surface area (Å²) in [5.74, 6) is 1.03. The molecule has 2 heterocycles. The van der Waals surface area contributed by atoms with Gasteiger partial charge in [-0.05, 0) is 26.0 Å². The smallest absolute Gasteiger partial charge is 0.246 e. The first-order chi connectivity index (χ1) is 11.6.